The van der Waals surface area contributed by atoms with Crippen molar-refractivity contribution in [2.24, 2.45) is 5.92 Å². The summed E-state index contributed by atoms with van der Waals surface area (Å²) in [6.07, 6.45) is 0.183. The number of alkyl halides is 1. The zero-order valence-electron chi connectivity index (χ0n) is 9.03. The Labute approximate surface area is 103 Å². The van der Waals surface area contributed by atoms with Crippen molar-refractivity contribution in [2.45, 2.75) is 6.42 Å². The van der Waals surface area contributed by atoms with Crippen LogP contribution >= 0.6 is 11.6 Å². The summed E-state index contributed by atoms with van der Waals surface area (Å²) >= 11 is 5.47. The summed E-state index contributed by atoms with van der Waals surface area (Å²) in [4.78, 5) is 24.6. The fourth-order valence-electron chi connectivity index (χ4n) is 1.90. The Bertz CT molecular complexity index is 446. The molecule has 1 aromatic carbocycles. The van der Waals surface area contributed by atoms with Crippen molar-refractivity contribution in [2.75, 3.05) is 17.3 Å². The number of benzene rings is 1. The number of nitrogens with zero attached hydrogens (tertiary/aromatic N) is 1. The van der Waals surface area contributed by atoms with Crippen molar-refractivity contribution < 1.29 is 14.0 Å². The topological polar surface area (TPSA) is 37.4 Å². The minimum absolute atomic E-state index is 0.0742. The Kier molecular flexibility index (Phi) is 3.43. The Hall–Kier alpha value is -1.42. The van der Waals surface area contributed by atoms with Gasteiger partial charge in [0, 0.05) is 24.6 Å². The summed E-state index contributed by atoms with van der Waals surface area (Å²) < 4.78 is 12.8. The summed E-state index contributed by atoms with van der Waals surface area (Å²) in [5.74, 6) is -1.02. The summed E-state index contributed by atoms with van der Waals surface area (Å²) in [6.45, 7) is 0.329. The zero-order chi connectivity index (χ0) is 12.4. The lowest BCUT2D eigenvalue weighted by atomic mass is 10.1. The molecular formula is C12H11ClFNO2. The number of anilines is 1. The maximum atomic E-state index is 12.8. The molecule has 1 aliphatic heterocycles. The number of hydrogen-bond acceptors (Lipinski definition) is 2. The molecule has 1 atom stereocenters. The molecule has 1 amide bonds. The molecule has 3 nitrogen and oxygen atoms in total. The Balaban J connectivity index is 2.15. The lowest BCUT2D eigenvalue weighted by molar-refractivity contribution is -0.122. The molecule has 1 aromatic rings. The van der Waals surface area contributed by atoms with Gasteiger partial charge < -0.3 is 4.90 Å². The van der Waals surface area contributed by atoms with E-state index >= 15 is 0 Å². The predicted molar refractivity (Wildman–Crippen MR) is 62.6 cm³/mol. The quantitative estimate of drug-likeness (QED) is 0.775. The first-order chi connectivity index (χ1) is 8.11. The fourth-order valence-corrected chi connectivity index (χ4v) is 2.12. The second-order valence-corrected chi connectivity index (χ2v) is 4.25. The van der Waals surface area contributed by atoms with Crippen LogP contribution in [0.4, 0.5) is 10.1 Å². The van der Waals surface area contributed by atoms with Crippen LogP contribution in [0.5, 0.6) is 0 Å². The van der Waals surface area contributed by atoms with E-state index in [9.17, 15) is 14.0 Å². The highest BCUT2D eigenvalue weighted by atomic mass is 35.5. The first-order valence-electron chi connectivity index (χ1n) is 5.26. The number of halogens is 2. The van der Waals surface area contributed by atoms with Crippen molar-refractivity contribution in [3.63, 3.8) is 0 Å². The molecule has 0 bridgehead atoms. The molecule has 2 rings (SSSR count). The summed E-state index contributed by atoms with van der Waals surface area (Å²) in [7, 11) is 0. The van der Waals surface area contributed by atoms with E-state index in [-0.39, 0.29) is 35.7 Å². The molecule has 5 heteroatoms. The minimum Gasteiger partial charge on any atom is -0.312 e. The number of carbonyl (C=O) groups is 2. The van der Waals surface area contributed by atoms with Gasteiger partial charge in [0.25, 0.3) is 0 Å². The molecule has 17 heavy (non-hydrogen) atoms. The molecule has 0 radical (unpaired) electrons. The molecule has 0 saturated carbocycles. The van der Waals surface area contributed by atoms with Crippen LogP contribution in [0.15, 0.2) is 24.3 Å². The van der Waals surface area contributed by atoms with Gasteiger partial charge in [-0.3, -0.25) is 9.59 Å². The van der Waals surface area contributed by atoms with E-state index in [0.29, 0.717) is 12.2 Å². The second-order valence-electron chi connectivity index (χ2n) is 3.98. The maximum Gasteiger partial charge on any atom is 0.227 e. The molecule has 1 heterocycles. The van der Waals surface area contributed by atoms with E-state index in [4.69, 9.17) is 11.6 Å². The van der Waals surface area contributed by atoms with Crippen molar-refractivity contribution in [3.8, 4) is 0 Å². The van der Waals surface area contributed by atoms with Gasteiger partial charge in [0.05, 0.1) is 5.88 Å². The Morgan fingerprint density at radius 1 is 1.41 bits per heavy atom. The molecule has 0 aliphatic carbocycles. The van der Waals surface area contributed by atoms with Crippen LogP contribution in [0.1, 0.15) is 6.42 Å². The van der Waals surface area contributed by atoms with Crippen molar-refractivity contribution in [1.82, 2.24) is 0 Å². The molecular weight excluding hydrogens is 245 g/mol. The first kappa shape index (κ1) is 12.0. The Morgan fingerprint density at radius 2 is 2.06 bits per heavy atom. The van der Waals surface area contributed by atoms with E-state index in [0.717, 1.165) is 0 Å². The third-order valence-electron chi connectivity index (χ3n) is 2.85. The van der Waals surface area contributed by atoms with Crippen LogP contribution in [0, 0.1) is 11.7 Å². The molecule has 1 aliphatic rings. The Morgan fingerprint density at radius 3 is 2.65 bits per heavy atom. The number of hydrogen-bond donors (Lipinski definition) is 0. The molecule has 90 valence electrons. The van der Waals surface area contributed by atoms with Gasteiger partial charge in [-0.05, 0) is 24.3 Å². The highest BCUT2D eigenvalue weighted by molar-refractivity contribution is 6.28. The highest BCUT2D eigenvalue weighted by Crippen LogP contribution is 2.25. The van der Waals surface area contributed by atoms with Gasteiger partial charge >= 0.3 is 0 Å². The lowest BCUT2D eigenvalue weighted by Crippen LogP contribution is -2.26. The van der Waals surface area contributed by atoms with Crippen LogP contribution in [0.25, 0.3) is 0 Å². The summed E-state index contributed by atoms with van der Waals surface area (Å²) in [5.41, 5.74) is 0.612. The van der Waals surface area contributed by atoms with Gasteiger partial charge in [-0.15, -0.1) is 11.6 Å². The van der Waals surface area contributed by atoms with Gasteiger partial charge in [-0.1, -0.05) is 0 Å². The fraction of sp³-hybridized carbons (Fsp3) is 0.333. The molecule has 0 N–H and O–H groups in total. The third-order valence-corrected chi connectivity index (χ3v) is 3.11. The average Bonchev–Trinajstić information content (AvgIpc) is 2.71. The average molecular weight is 256 g/mol. The first-order valence-corrected chi connectivity index (χ1v) is 5.80. The van der Waals surface area contributed by atoms with Crippen molar-refractivity contribution in [3.05, 3.63) is 30.1 Å². The lowest BCUT2D eigenvalue weighted by Gasteiger charge is -2.16. The van der Waals surface area contributed by atoms with E-state index in [1.165, 1.54) is 29.2 Å². The van der Waals surface area contributed by atoms with Crippen molar-refractivity contribution >= 4 is 29.0 Å². The largest absolute Gasteiger partial charge is 0.312 e. The van der Waals surface area contributed by atoms with E-state index in [2.05, 4.69) is 0 Å². The maximum absolute atomic E-state index is 12.8. The molecule has 1 fully saturated rings. The number of carbonyl (C=O) groups excluding carboxylic acids is 2. The monoisotopic (exact) mass is 255 g/mol. The third kappa shape index (κ3) is 2.47. The SMILES string of the molecule is O=C(CCl)C1CC(=O)N(c2ccc(F)cc2)C1. The van der Waals surface area contributed by atoms with E-state index < -0.39 is 0 Å². The second kappa shape index (κ2) is 4.84. The van der Waals surface area contributed by atoms with Crippen LogP contribution in [0.2, 0.25) is 0 Å². The van der Waals surface area contributed by atoms with E-state index in [1.54, 1.807) is 0 Å². The molecule has 1 unspecified atom stereocenters. The van der Waals surface area contributed by atoms with Gasteiger partial charge in [0.15, 0.2) is 5.78 Å². The molecule has 0 spiro atoms. The number of Topliss-reactive ketones (excluding diaryl/α,β-unsaturated/α-hetero) is 1. The predicted octanol–water partition coefficient (Wildman–Crippen LogP) is 1.99. The van der Waals surface area contributed by atoms with Crippen LogP contribution in [-0.4, -0.2) is 24.1 Å². The number of ketones is 1. The minimum atomic E-state index is -0.353. The normalized spacial score (nSPS) is 19.8. The van der Waals surface area contributed by atoms with E-state index in [1.807, 2.05) is 0 Å². The number of rotatable bonds is 3. The molecule has 1 saturated heterocycles. The van der Waals surface area contributed by atoms with Crippen molar-refractivity contribution in [1.29, 1.82) is 0 Å². The molecule has 0 aromatic heterocycles. The summed E-state index contributed by atoms with van der Waals surface area (Å²) in [5, 5.41) is 0. The number of amides is 1. The smallest absolute Gasteiger partial charge is 0.227 e. The highest BCUT2D eigenvalue weighted by Gasteiger charge is 2.34. The van der Waals surface area contributed by atoms with Crippen LogP contribution < -0.4 is 4.90 Å². The van der Waals surface area contributed by atoms with Gasteiger partial charge in [0.2, 0.25) is 5.91 Å². The van der Waals surface area contributed by atoms with Crippen LogP contribution in [0.3, 0.4) is 0 Å². The van der Waals surface area contributed by atoms with Gasteiger partial charge in [0.1, 0.15) is 5.82 Å². The van der Waals surface area contributed by atoms with Gasteiger partial charge in [-0.25, -0.2) is 4.39 Å². The summed E-state index contributed by atoms with van der Waals surface area (Å²) in [6, 6.07) is 5.64. The van der Waals surface area contributed by atoms with Gasteiger partial charge in [-0.2, -0.15) is 0 Å². The van der Waals surface area contributed by atoms with Crippen LogP contribution in [-0.2, 0) is 9.59 Å². The standard InChI is InChI=1S/C12H11ClFNO2/c13-6-11(16)8-5-12(17)15(7-8)10-3-1-9(14)2-4-10/h1-4,8H,5-7H2. The zero-order valence-corrected chi connectivity index (χ0v) is 9.78.